The highest BCUT2D eigenvalue weighted by molar-refractivity contribution is 5.98. The molecule has 2 N–H and O–H groups in total. The molecular weight excluding hydrogens is 262 g/mol. The zero-order valence-corrected chi connectivity index (χ0v) is 11.4. The first-order valence-corrected chi connectivity index (χ1v) is 6.07. The van der Waals surface area contributed by atoms with E-state index in [9.17, 15) is 14.7 Å². The van der Waals surface area contributed by atoms with Crippen LogP contribution >= 0.6 is 0 Å². The number of ether oxygens (including phenoxy) is 2. The van der Waals surface area contributed by atoms with Gasteiger partial charge < -0.3 is 19.6 Å². The third-order valence-corrected chi connectivity index (χ3v) is 3.18. The second-order valence-corrected chi connectivity index (χ2v) is 4.22. The largest absolute Gasteiger partial charge is 0.497 e. The maximum absolute atomic E-state index is 11.9. The predicted octanol–water partition coefficient (Wildman–Crippen LogP) is 1.81. The van der Waals surface area contributed by atoms with Gasteiger partial charge in [0.25, 0.3) is 5.56 Å². The average molecular weight is 277 g/mol. The second-order valence-electron chi connectivity index (χ2n) is 4.22. The number of methoxy groups -OCH3 is 2. The van der Waals surface area contributed by atoms with Crippen molar-refractivity contribution in [1.29, 1.82) is 0 Å². The molecule has 1 aromatic carbocycles. The minimum absolute atomic E-state index is 0.247. The quantitative estimate of drug-likeness (QED) is 0.889. The third kappa shape index (κ3) is 2.09. The predicted molar refractivity (Wildman–Crippen MR) is 74.0 cm³/mol. The number of benzene rings is 1. The van der Waals surface area contributed by atoms with Crippen LogP contribution in [0.4, 0.5) is 0 Å². The van der Waals surface area contributed by atoms with Crippen LogP contribution in [0.15, 0.2) is 16.9 Å². The van der Waals surface area contributed by atoms with E-state index in [1.54, 1.807) is 19.1 Å². The molecule has 0 saturated carbocycles. The summed E-state index contributed by atoms with van der Waals surface area (Å²) in [7, 11) is 2.99. The minimum atomic E-state index is -1.25. The van der Waals surface area contributed by atoms with Crippen molar-refractivity contribution in [3.63, 3.8) is 0 Å². The Labute approximate surface area is 115 Å². The first-order valence-electron chi connectivity index (χ1n) is 6.07. The van der Waals surface area contributed by atoms with Gasteiger partial charge in [-0.15, -0.1) is 0 Å². The fraction of sp³-hybridized carbons (Fsp3) is 0.286. The summed E-state index contributed by atoms with van der Waals surface area (Å²) in [4.78, 5) is 25.8. The van der Waals surface area contributed by atoms with E-state index in [1.807, 2.05) is 0 Å². The summed E-state index contributed by atoms with van der Waals surface area (Å²) in [5.41, 5.74) is 0.0735. The number of carbonyl (C=O) groups is 1. The maximum Gasteiger partial charge on any atom is 0.341 e. The minimum Gasteiger partial charge on any atom is -0.497 e. The molecule has 0 spiro atoms. The molecular formula is C14H15NO5. The highest BCUT2D eigenvalue weighted by atomic mass is 16.5. The van der Waals surface area contributed by atoms with Crippen molar-refractivity contribution in [1.82, 2.24) is 4.98 Å². The van der Waals surface area contributed by atoms with Gasteiger partial charge in [-0.3, -0.25) is 4.79 Å². The molecule has 6 heteroatoms. The molecule has 0 saturated heterocycles. The summed E-state index contributed by atoms with van der Waals surface area (Å²) in [6.45, 7) is 1.80. The third-order valence-electron chi connectivity index (χ3n) is 3.18. The monoisotopic (exact) mass is 277 g/mol. The second kappa shape index (κ2) is 5.24. The number of nitrogens with one attached hydrogen (secondary N) is 1. The first kappa shape index (κ1) is 13.9. The zero-order chi connectivity index (χ0) is 14.9. The first-order chi connectivity index (χ1) is 9.53. The Balaban J connectivity index is 2.99. The SMILES string of the molecule is CCc1c(C(=O)O)c(=O)[nH]c2cc(OC)cc(OC)c12. The number of hydrogen-bond acceptors (Lipinski definition) is 4. The molecule has 6 nitrogen and oxygen atoms in total. The molecule has 20 heavy (non-hydrogen) atoms. The molecule has 0 amide bonds. The Morgan fingerprint density at radius 3 is 2.50 bits per heavy atom. The van der Waals surface area contributed by atoms with E-state index >= 15 is 0 Å². The summed E-state index contributed by atoms with van der Waals surface area (Å²) in [5, 5.41) is 9.81. The van der Waals surface area contributed by atoms with Crippen molar-refractivity contribution in [2.45, 2.75) is 13.3 Å². The molecule has 0 atom stereocenters. The molecule has 2 rings (SSSR count). The van der Waals surface area contributed by atoms with Gasteiger partial charge >= 0.3 is 5.97 Å². The lowest BCUT2D eigenvalue weighted by Gasteiger charge is -2.13. The maximum atomic E-state index is 11.9. The fourth-order valence-corrected chi connectivity index (χ4v) is 2.31. The van der Waals surface area contributed by atoms with Crippen molar-refractivity contribution < 1.29 is 19.4 Å². The number of rotatable bonds is 4. The van der Waals surface area contributed by atoms with Crippen LogP contribution in [0.5, 0.6) is 11.5 Å². The lowest BCUT2D eigenvalue weighted by atomic mass is 10.00. The van der Waals surface area contributed by atoms with Crippen LogP contribution in [0.2, 0.25) is 0 Å². The van der Waals surface area contributed by atoms with Crippen LogP contribution in [-0.2, 0) is 6.42 Å². The van der Waals surface area contributed by atoms with Gasteiger partial charge in [0.05, 0.1) is 19.7 Å². The summed E-state index contributed by atoms with van der Waals surface area (Å²) >= 11 is 0. The van der Waals surface area contributed by atoms with Crippen LogP contribution in [0.1, 0.15) is 22.8 Å². The molecule has 106 valence electrons. The highest BCUT2D eigenvalue weighted by Gasteiger charge is 2.20. The fourth-order valence-electron chi connectivity index (χ4n) is 2.31. The van der Waals surface area contributed by atoms with Crippen LogP contribution < -0.4 is 15.0 Å². The number of carboxylic acids is 1. The number of hydrogen-bond donors (Lipinski definition) is 2. The smallest absolute Gasteiger partial charge is 0.341 e. The van der Waals surface area contributed by atoms with Crippen molar-refractivity contribution in [2.24, 2.45) is 0 Å². The highest BCUT2D eigenvalue weighted by Crippen LogP contribution is 2.33. The Bertz CT molecular complexity index is 732. The van der Waals surface area contributed by atoms with Gasteiger partial charge in [0.1, 0.15) is 17.1 Å². The molecule has 0 radical (unpaired) electrons. The number of H-pyrrole nitrogens is 1. The molecule has 2 aromatic rings. The molecule has 0 aliphatic carbocycles. The number of aromatic carboxylic acids is 1. The van der Waals surface area contributed by atoms with Crippen LogP contribution in [-0.4, -0.2) is 30.3 Å². The van der Waals surface area contributed by atoms with Gasteiger partial charge in [-0.1, -0.05) is 6.92 Å². The van der Waals surface area contributed by atoms with E-state index in [1.165, 1.54) is 14.2 Å². The lowest BCUT2D eigenvalue weighted by Crippen LogP contribution is -2.21. The van der Waals surface area contributed by atoms with Crippen LogP contribution in [0, 0.1) is 0 Å². The van der Waals surface area contributed by atoms with Gasteiger partial charge in [-0.05, 0) is 12.0 Å². The Kier molecular flexibility index (Phi) is 3.65. The van der Waals surface area contributed by atoms with E-state index in [0.29, 0.717) is 34.4 Å². The number of fused-ring (bicyclic) bond motifs is 1. The van der Waals surface area contributed by atoms with E-state index in [0.717, 1.165) is 0 Å². The van der Waals surface area contributed by atoms with Crippen molar-refractivity contribution in [3.8, 4) is 11.5 Å². The Morgan fingerprint density at radius 1 is 1.30 bits per heavy atom. The molecule has 0 aliphatic heterocycles. The number of aryl methyl sites for hydroxylation is 1. The molecule has 0 unspecified atom stereocenters. The van der Waals surface area contributed by atoms with E-state index in [2.05, 4.69) is 4.98 Å². The van der Waals surface area contributed by atoms with E-state index in [4.69, 9.17) is 9.47 Å². The van der Waals surface area contributed by atoms with Gasteiger partial charge in [-0.2, -0.15) is 0 Å². The molecule has 0 fully saturated rings. The number of pyridine rings is 1. The van der Waals surface area contributed by atoms with Crippen molar-refractivity contribution >= 4 is 16.9 Å². The van der Waals surface area contributed by atoms with E-state index < -0.39 is 11.5 Å². The topological polar surface area (TPSA) is 88.6 Å². The molecule has 1 heterocycles. The number of aromatic nitrogens is 1. The van der Waals surface area contributed by atoms with Gasteiger partial charge in [0.2, 0.25) is 0 Å². The summed E-state index contributed by atoms with van der Waals surface area (Å²) < 4.78 is 10.4. The number of carboxylic acid groups (broad SMARTS) is 1. The van der Waals surface area contributed by atoms with Crippen molar-refractivity contribution in [3.05, 3.63) is 33.6 Å². The summed E-state index contributed by atoms with van der Waals surface area (Å²) in [5.74, 6) is -0.257. The zero-order valence-electron chi connectivity index (χ0n) is 11.4. The molecule has 1 aromatic heterocycles. The standard InChI is InChI=1S/C14H15NO5/c1-4-8-11-9(15-13(16)12(8)14(17)18)5-7(19-2)6-10(11)20-3/h5-6H,4H2,1-3H3,(H,15,16)(H,17,18). The average Bonchev–Trinajstić information content (AvgIpc) is 2.43. The summed E-state index contributed by atoms with van der Waals surface area (Å²) in [6.07, 6.45) is 0.407. The Morgan fingerprint density at radius 2 is 2.00 bits per heavy atom. The normalized spacial score (nSPS) is 10.6. The van der Waals surface area contributed by atoms with Gasteiger partial charge in [-0.25, -0.2) is 4.79 Å². The van der Waals surface area contributed by atoms with Gasteiger partial charge in [0, 0.05) is 17.5 Å². The number of aromatic amines is 1. The van der Waals surface area contributed by atoms with E-state index in [-0.39, 0.29) is 5.56 Å². The molecule has 0 aliphatic rings. The van der Waals surface area contributed by atoms with Crippen LogP contribution in [0.25, 0.3) is 10.9 Å². The lowest BCUT2D eigenvalue weighted by molar-refractivity contribution is 0.0694. The summed E-state index contributed by atoms with van der Waals surface area (Å²) in [6, 6.07) is 3.30. The van der Waals surface area contributed by atoms with Crippen molar-refractivity contribution in [2.75, 3.05) is 14.2 Å². The van der Waals surface area contributed by atoms with Crippen LogP contribution in [0.3, 0.4) is 0 Å². The molecule has 0 bridgehead atoms. The Hall–Kier alpha value is -2.50. The van der Waals surface area contributed by atoms with Gasteiger partial charge in [0.15, 0.2) is 0 Å².